The number of nitrogens with one attached hydrogen (secondary N) is 2. The highest BCUT2D eigenvalue weighted by atomic mass is 16.5. The lowest BCUT2D eigenvalue weighted by Gasteiger charge is -2.10. The van der Waals surface area contributed by atoms with Crippen LogP contribution >= 0.6 is 0 Å². The van der Waals surface area contributed by atoms with E-state index < -0.39 is 11.8 Å². The van der Waals surface area contributed by atoms with Crippen molar-refractivity contribution in [3.63, 3.8) is 0 Å². The highest BCUT2D eigenvalue weighted by Gasteiger charge is 2.07. The number of carbonyl (C=O) groups excluding carboxylic acids is 2. The molecule has 0 unspecified atom stereocenters. The zero-order chi connectivity index (χ0) is 20.4. The van der Waals surface area contributed by atoms with E-state index in [1.54, 1.807) is 55.7 Å². The second-order valence-electron chi connectivity index (χ2n) is 5.42. The van der Waals surface area contributed by atoms with Crippen LogP contribution in [0.15, 0.2) is 48.5 Å². The first kappa shape index (κ1) is 20.6. The minimum absolute atomic E-state index is 0.278. The average molecular weight is 386 g/mol. The fourth-order valence-electron chi connectivity index (χ4n) is 2.22. The molecule has 0 atom stereocenters. The van der Waals surface area contributed by atoms with Gasteiger partial charge in [-0.05, 0) is 35.9 Å². The van der Waals surface area contributed by atoms with Crippen molar-refractivity contribution in [2.45, 2.75) is 0 Å². The maximum absolute atomic E-state index is 11.8. The number of rotatable bonds is 8. The number of hydrogen-bond donors (Lipinski definition) is 2. The molecule has 0 heterocycles. The summed E-state index contributed by atoms with van der Waals surface area (Å²) in [6.45, 7) is -0.278. The maximum atomic E-state index is 11.8. The lowest BCUT2D eigenvalue weighted by atomic mass is 10.2. The van der Waals surface area contributed by atoms with Gasteiger partial charge < -0.3 is 18.9 Å². The molecule has 2 aromatic rings. The van der Waals surface area contributed by atoms with Gasteiger partial charge >= 0.3 is 0 Å². The highest BCUT2D eigenvalue weighted by Crippen LogP contribution is 2.28. The van der Waals surface area contributed by atoms with Crippen LogP contribution in [0.25, 0.3) is 6.08 Å². The summed E-state index contributed by atoms with van der Waals surface area (Å²) in [5.41, 5.74) is 5.28. The molecule has 0 aliphatic rings. The summed E-state index contributed by atoms with van der Waals surface area (Å²) in [5, 5.41) is 0. The van der Waals surface area contributed by atoms with Gasteiger partial charge in [-0.2, -0.15) is 0 Å². The van der Waals surface area contributed by atoms with E-state index in [1.165, 1.54) is 20.3 Å². The van der Waals surface area contributed by atoms with E-state index in [-0.39, 0.29) is 6.61 Å². The monoisotopic (exact) mass is 386 g/mol. The van der Waals surface area contributed by atoms with Crippen molar-refractivity contribution in [2.24, 2.45) is 0 Å². The van der Waals surface area contributed by atoms with E-state index >= 15 is 0 Å². The molecule has 28 heavy (non-hydrogen) atoms. The Bertz CT molecular complexity index is 850. The van der Waals surface area contributed by atoms with Crippen molar-refractivity contribution in [2.75, 3.05) is 27.9 Å². The Kier molecular flexibility index (Phi) is 7.71. The molecule has 0 fully saturated rings. The molecule has 0 saturated carbocycles. The molecule has 0 saturated heterocycles. The van der Waals surface area contributed by atoms with Gasteiger partial charge in [0.1, 0.15) is 0 Å². The summed E-state index contributed by atoms with van der Waals surface area (Å²) in [7, 11) is 4.58. The summed E-state index contributed by atoms with van der Waals surface area (Å²) in [6, 6.07) is 12.2. The van der Waals surface area contributed by atoms with Crippen molar-refractivity contribution in [1.82, 2.24) is 10.9 Å². The van der Waals surface area contributed by atoms with Gasteiger partial charge in [-0.1, -0.05) is 18.2 Å². The third-order valence-corrected chi connectivity index (χ3v) is 3.59. The number of carbonyl (C=O) groups is 2. The van der Waals surface area contributed by atoms with Gasteiger partial charge in [-0.3, -0.25) is 20.4 Å². The van der Waals surface area contributed by atoms with Crippen LogP contribution in [0.5, 0.6) is 23.0 Å². The van der Waals surface area contributed by atoms with Crippen molar-refractivity contribution < 1.29 is 28.5 Å². The van der Waals surface area contributed by atoms with E-state index in [9.17, 15) is 9.59 Å². The summed E-state index contributed by atoms with van der Waals surface area (Å²) in [6.07, 6.45) is 2.86. The second-order valence-corrected chi connectivity index (χ2v) is 5.42. The minimum Gasteiger partial charge on any atom is -0.493 e. The number of para-hydroxylation sites is 2. The molecule has 0 spiro atoms. The van der Waals surface area contributed by atoms with Crippen LogP contribution in [0.2, 0.25) is 0 Å². The summed E-state index contributed by atoms with van der Waals surface area (Å²) >= 11 is 0. The first-order valence-corrected chi connectivity index (χ1v) is 8.32. The topological polar surface area (TPSA) is 95.1 Å². The molecule has 0 aliphatic heterocycles. The number of ether oxygens (including phenoxy) is 4. The van der Waals surface area contributed by atoms with Crippen LogP contribution in [-0.2, 0) is 9.59 Å². The van der Waals surface area contributed by atoms with Gasteiger partial charge in [-0.15, -0.1) is 0 Å². The van der Waals surface area contributed by atoms with Gasteiger partial charge in [-0.25, -0.2) is 0 Å². The van der Waals surface area contributed by atoms with Gasteiger partial charge in [0.2, 0.25) is 0 Å². The largest absolute Gasteiger partial charge is 0.493 e. The van der Waals surface area contributed by atoms with E-state index in [2.05, 4.69) is 10.9 Å². The Hall–Kier alpha value is -3.68. The van der Waals surface area contributed by atoms with Crippen LogP contribution in [0.3, 0.4) is 0 Å². The lowest BCUT2D eigenvalue weighted by Crippen LogP contribution is -2.43. The fourth-order valence-corrected chi connectivity index (χ4v) is 2.22. The minimum atomic E-state index is -0.515. The maximum Gasteiger partial charge on any atom is 0.276 e. The molecule has 8 nitrogen and oxygen atoms in total. The summed E-state index contributed by atoms with van der Waals surface area (Å²) < 4.78 is 20.9. The van der Waals surface area contributed by atoms with Crippen LogP contribution in [0, 0.1) is 0 Å². The Morgan fingerprint density at radius 3 is 2.18 bits per heavy atom. The van der Waals surface area contributed by atoms with Crippen LogP contribution in [0.1, 0.15) is 5.56 Å². The first-order chi connectivity index (χ1) is 13.6. The Balaban J connectivity index is 1.81. The van der Waals surface area contributed by atoms with Crippen molar-refractivity contribution in [1.29, 1.82) is 0 Å². The van der Waals surface area contributed by atoms with E-state index in [0.29, 0.717) is 23.0 Å². The molecule has 2 N–H and O–H groups in total. The van der Waals surface area contributed by atoms with E-state index in [1.807, 2.05) is 0 Å². The van der Waals surface area contributed by atoms with Gasteiger partial charge in [0.05, 0.1) is 21.3 Å². The zero-order valence-electron chi connectivity index (χ0n) is 15.9. The van der Waals surface area contributed by atoms with Gasteiger partial charge in [0.15, 0.2) is 29.6 Å². The summed E-state index contributed by atoms with van der Waals surface area (Å²) in [4.78, 5) is 23.6. The third kappa shape index (κ3) is 5.94. The Labute approximate surface area is 163 Å². The third-order valence-electron chi connectivity index (χ3n) is 3.59. The van der Waals surface area contributed by atoms with Crippen molar-refractivity contribution in [3.05, 3.63) is 54.1 Å². The van der Waals surface area contributed by atoms with Crippen molar-refractivity contribution >= 4 is 17.9 Å². The number of hydrazine groups is 1. The van der Waals surface area contributed by atoms with Crippen molar-refractivity contribution in [3.8, 4) is 23.0 Å². The molecule has 148 valence electrons. The quantitative estimate of drug-likeness (QED) is 0.532. The molecular formula is C20H22N2O6. The molecule has 8 heteroatoms. The van der Waals surface area contributed by atoms with Gasteiger partial charge in [0.25, 0.3) is 11.8 Å². The average Bonchev–Trinajstić information content (AvgIpc) is 2.74. The molecule has 0 bridgehead atoms. The summed E-state index contributed by atoms with van der Waals surface area (Å²) in [5.74, 6) is 1.06. The Morgan fingerprint density at radius 1 is 0.857 bits per heavy atom. The molecule has 0 radical (unpaired) electrons. The molecule has 2 amide bonds. The SMILES string of the molecule is COc1ccc(/C=C/C(=O)NNC(=O)COc2ccccc2OC)cc1OC. The van der Waals surface area contributed by atoms with Crippen LogP contribution in [0.4, 0.5) is 0 Å². The van der Waals surface area contributed by atoms with E-state index in [0.717, 1.165) is 5.56 Å². The fraction of sp³-hybridized carbons (Fsp3) is 0.200. The van der Waals surface area contributed by atoms with Crippen LogP contribution < -0.4 is 29.8 Å². The molecule has 2 rings (SSSR count). The lowest BCUT2D eigenvalue weighted by molar-refractivity contribution is -0.128. The number of methoxy groups -OCH3 is 3. The smallest absolute Gasteiger partial charge is 0.276 e. The standard InChI is InChI=1S/C20H22N2O6/c1-25-15-6-4-5-7-17(15)28-13-20(24)22-21-19(23)11-9-14-8-10-16(26-2)18(12-14)27-3/h4-12H,13H2,1-3H3,(H,21,23)(H,22,24)/b11-9+. The number of benzene rings is 2. The first-order valence-electron chi connectivity index (χ1n) is 8.32. The van der Waals surface area contributed by atoms with Crippen LogP contribution in [-0.4, -0.2) is 39.8 Å². The predicted molar refractivity (Wildman–Crippen MR) is 103 cm³/mol. The number of hydrogen-bond acceptors (Lipinski definition) is 6. The molecule has 2 aromatic carbocycles. The Morgan fingerprint density at radius 2 is 1.50 bits per heavy atom. The zero-order valence-corrected chi connectivity index (χ0v) is 15.9. The normalized spacial score (nSPS) is 10.2. The molecule has 0 aromatic heterocycles. The highest BCUT2D eigenvalue weighted by molar-refractivity contribution is 5.93. The molecular weight excluding hydrogens is 364 g/mol. The predicted octanol–water partition coefficient (Wildman–Crippen LogP) is 1.95. The van der Waals surface area contributed by atoms with E-state index in [4.69, 9.17) is 18.9 Å². The number of amides is 2. The molecule has 0 aliphatic carbocycles. The van der Waals surface area contributed by atoms with Gasteiger partial charge in [0, 0.05) is 6.08 Å². The second kappa shape index (κ2) is 10.5.